The molecule has 5 aromatic rings. The van der Waals surface area contributed by atoms with E-state index in [9.17, 15) is 14.0 Å². The van der Waals surface area contributed by atoms with Crippen LogP contribution in [0.4, 0.5) is 4.39 Å². The highest BCUT2D eigenvalue weighted by atomic mass is 19.1. The molecule has 1 amide bonds. The van der Waals surface area contributed by atoms with Crippen molar-refractivity contribution >= 4 is 16.9 Å². The molecule has 0 bridgehead atoms. The Labute approximate surface area is 224 Å². The lowest BCUT2D eigenvalue weighted by Gasteiger charge is -2.33. The molecule has 1 fully saturated rings. The number of pyridine rings is 1. The van der Waals surface area contributed by atoms with E-state index in [2.05, 4.69) is 20.1 Å². The van der Waals surface area contributed by atoms with Crippen LogP contribution in [0.5, 0.6) is 0 Å². The fourth-order valence-electron chi connectivity index (χ4n) is 5.41. The Balaban J connectivity index is 1.31. The fraction of sp³-hybridized carbons (Fsp3) is 0.267. The van der Waals surface area contributed by atoms with E-state index < -0.39 is 0 Å². The average Bonchev–Trinajstić information content (AvgIpc) is 3.54. The summed E-state index contributed by atoms with van der Waals surface area (Å²) >= 11 is 0. The number of para-hydroxylation sites is 2. The molecule has 39 heavy (non-hydrogen) atoms. The number of rotatable bonds is 7. The van der Waals surface area contributed by atoms with E-state index in [-0.39, 0.29) is 23.2 Å². The van der Waals surface area contributed by atoms with Crippen LogP contribution in [-0.4, -0.2) is 48.6 Å². The molecule has 6 rings (SSSR count). The molecule has 1 unspecified atom stereocenters. The topological polar surface area (TPSA) is 99.7 Å². The van der Waals surface area contributed by atoms with E-state index in [1.165, 1.54) is 16.8 Å². The first-order valence-corrected chi connectivity index (χ1v) is 13.2. The van der Waals surface area contributed by atoms with Crippen molar-refractivity contribution in [2.75, 3.05) is 13.1 Å². The lowest BCUT2D eigenvalue weighted by atomic mass is 9.90. The van der Waals surface area contributed by atoms with E-state index >= 15 is 0 Å². The summed E-state index contributed by atoms with van der Waals surface area (Å²) in [6.45, 7) is 1.23. The summed E-state index contributed by atoms with van der Waals surface area (Å²) in [5, 5.41) is 3.36. The number of H-pyrrole nitrogens is 2. The van der Waals surface area contributed by atoms with Gasteiger partial charge < -0.3 is 9.88 Å². The maximum Gasteiger partial charge on any atom is 0.277 e. The molecule has 198 valence electrons. The number of nitrogens with one attached hydrogen (secondary N) is 2. The Kier molecular flexibility index (Phi) is 6.79. The lowest BCUT2D eigenvalue weighted by molar-refractivity contribution is -0.131. The van der Waals surface area contributed by atoms with E-state index in [1.807, 2.05) is 41.3 Å². The third kappa shape index (κ3) is 5.25. The van der Waals surface area contributed by atoms with Crippen molar-refractivity contribution in [3.05, 3.63) is 112 Å². The smallest absolute Gasteiger partial charge is 0.277 e. The van der Waals surface area contributed by atoms with Gasteiger partial charge in [-0.05, 0) is 73.2 Å². The number of halogens is 1. The molecule has 0 spiro atoms. The molecule has 3 aromatic heterocycles. The van der Waals surface area contributed by atoms with Crippen molar-refractivity contribution in [2.45, 2.75) is 38.0 Å². The molecular weight excluding hydrogens is 495 g/mol. The van der Waals surface area contributed by atoms with Gasteiger partial charge in [-0.15, -0.1) is 0 Å². The number of hydrogen-bond acceptors (Lipinski definition) is 4. The number of carbonyl (C=O) groups is 1. The third-order valence-electron chi connectivity index (χ3n) is 7.47. The summed E-state index contributed by atoms with van der Waals surface area (Å²) in [4.78, 5) is 40.7. The van der Waals surface area contributed by atoms with Crippen LogP contribution < -0.4 is 5.56 Å². The van der Waals surface area contributed by atoms with Crippen LogP contribution in [0.3, 0.4) is 0 Å². The number of aryl methyl sites for hydroxylation is 1. The van der Waals surface area contributed by atoms with Crippen molar-refractivity contribution in [3.63, 3.8) is 0 Å². The Morgan fingerprint density at radius 3 is 2.59 bits per heavy atom. The molecule has 8 nitrogen and oxygen atoms in total. The third-order valence-corrected chi connectivity index (χ3v) is 7.47. The summed E-state index contributed by atoms with van der Waals surface area (Å²) in [7, 11) is 0. The number of aromatic nitrogens is 5. The Hall–Kier alpha value is -4.53. The van der Waals surface area contributed by atoms with E-state index in [0.717, 1.165) is 40.7 Å². The fourth-order valence-corrected chi connectivity index (χ4v) is 5.41. The van der Waals surface area contributed by atoms with E-state index in [0.29, 0.717) is 43.9 Å². The molecule has 2 N–H and O–H groups in total. The molecule has 1 aliphatic rings. The first-order chi connectivity index (χ1) is 19.0. The Bertz CT molecular complexity index is 1620. The number of amides is 1. The Morgan fingerprint density at radius 1 is 1.00 bits per heavy atom. The largest absolute Gasteiger partial charge is 0.342 e. The standard InChI is InChI=1S/C30H29FN6O2/c31-23-10-7-20(8-11-23)9-12-24-28(35-37(29(24)39)30-33-25-5-1-2-6-26(25)34-30)22-4-3-17-36(19-22)27(38)18-21-13-15-32-16-14-21/h1-2,5-8,10-11,13-16,22,35H,3-4,9,12,17-19H2,(H,33,34). The second kappa shape index (κ2) is 10.7. The van der Waals surface area contributed by atoms with Crippen molar-refractivity contribution in [1.82, 2.24) is 29.6 Å². The molecule has 9 heteroatoms. The number of likely N-dealkylation sites (tertiary alicyclic amines) is 1. The van der Waals surface area contributed by atoms with Gasteiger partial charge in [-0.2, -0.15) is 4.68 Å². The number of piperidine rings is 1. The van der Waals surface area contributed by atoms with Crippen molar-refractivity contribution in [2.24, 2.45) is 0 Å². The number of hydrogen-bond donors (Lipinski definition) is 2. The second-order valence-electron chi connectivity index (χ2n) is 10.1. The molecular formula is C30H29FN6O2. The van der Waals surface area contributed by atoms with E-state index in [4.69, 9.17) is 0 Å². The van der Waals surface area contributed by atoms with Crippen LogP contribution >= 0.6 is 0 Å². The van der Waals surface area contributed by atoms with Gasteiger partial charge >= 0.3 is 0 Å². The van der Waals surface area contributed by atoms with Crippen LogP contribution in [0.1, 0.15) is 41.1 Å². The van der Waals surface area contributed by atoms with Gasteiger partial charge in [0.05, 0.1) is 17.5 Å². The molecule has 0 radical (unpaired) electrons. The normalized spacial score (nSPS) is 15.6. The average molecular weight is 525 g/mol. The van der Waals surface area contributed by atoms with Gasteiger partial charge in [-0.3, -0.25) is 19.7 Å². The number of nitrogens with zero attached hydrogens (tertiary/aromatic N) is 4. The van der Waals surface area contributed by atoms with Crippen molar-refractivity contribution in [3.8, 4) is 5.95 Å². The van der Waals surface area contributed by atoms with Gasteiger partial charge in [0.25, 0.3) is 5.56 Å². The molecule has 1 saturated heterocycles. The number of benzene rings is 2. The van der Waals surface area contributed by atoms with Gasteiger partial charge in [-0.25, -0.2) is 9.37 Å². The van der Waals surface area contributed by atoms with Gasteiger partial charge in [0.2, 0.25) is 11.9 Å². The number of fused-ring (bicyclic) bond motifs is 1. The predicted octanol–water partition coefficient (Wildman–Crippen LogP) is 4.31. The maximum absolute atomic E-state index is 13.8. The SMILES string of the molecule is O=C(Cc1ccncc1)N1CCCC(c2[nH]n(-c3nc4ccccc4[nH]3)c(=O)c2CCc2ccc(F)cc2)C1. The minimum atomic E-state index is -0.285. The molecule has 1 aliphatic heterocycles. The van der Waals surface area contributed by atoms with Gasteiger partial charge in [0, 0.05) is 42.7 Å². The van der Waals surface area contributed by atoms with Crippen LogP contribution in [0, 0.1) is 5.82 Å². The molecule has 4 heterocycles. The number of imidazole rings is 1. The Morgan fingerprint density at radius 2 is 1.79 bits per heavy atom. The zero-order valence-corrected chi connectivity index (χ0v) is 21.4. The van der Waals surface area contributed by atoms with Crippen molar-refractivity contribution in [1.29, 1.82) is 0 Å². The maximum atomic E-state index is 13.8. The molecule has 1 atom stereocenters. The van der Waals surface area contributed by atoms with Gasteiger partial charge in [0.15, 0.2) is 0 Å². The highest BCUT2D eigenvalue weighted by Gasteiger charge is 2.30. The van der Waals surface area contributed by atoms with Gasteiger partial charge in [-0.1, -0.05) is 24.3 Å². The highest BCUT2D eigenvalue weighted by molar-refractivity contribution is 5.79. The summed E-state index contributed by atoms with van der Waals surface area (Å²) in [6.07, 6.45) is 6.51. The molecule has 0 aliphatic carbocycles. The lowest BCUT2D eigenvalue weighted by Crippen LogP contribution is -2.40. The van der Waals surface area contributed by atoms with Crippen LogP contribution in [0.2, 0.25) is 0 Å². The number of carbonyl (C=O) groups excluding carboxylic acids is 1. The molecule has 2 aromatic carbocycles. The monoisotopic (exact) mass is 524 g/mol. The minimum absolute atomic E-state index is 0.0123. The summed E-state index contributed by atoms with van der Waals surface area (Å²) in [5.41, 5.74) is 4.85. The first kappa shape index (κ1) is 24.8. The quantitative estimate of drug-likeness (QED) is 0.331. The van der Waals surface area contributed by atoms with E-state index in [1.54, 1.807) is 24.5 Å². The summed E-state index contributed by atoms with van der Waals surface area (Å²) in [5.74, 6) is 0.198. The molecule has 0 saturated carbocycles. The zero-order valence-electron chi connectivity index (χ0n) is 21.4. The predicted molar refractivity (Wildman–Crippen MR) is 146 cm³/mol. The van der Waals surface area contributed by atoms with Crippen LogP contribution in [0.25, 0.3) is 17.0 Å². The minimum Gasteiger partial charge on any atom is -0.342 e. The summed E-state index contributed by atoms with van der Waals surface area (Å²) in [6, 6.07) is 17.7. The number of aromatic amines is 2. The van der Waals surface area contributed by atoms with Gasteiger partial charge in [0.1, 0.15) is 5.82 Å². The first-order valence-electron chi connectivity index (χ1n) is 13.2. The zero-order chi connectivity index (χ0) is 26.8. The van der Waals surface area contributed by atoms with Crippen LogP contribution in [-0.2, 0) is 24.1 Å². The highest BCUT2D eigenvalue weighted by Crippen LogP contribution is 2.29. The second-order valence-corrected chi connectivity index (χ2v) is 10.1. The summed E-state index contributed by atoms with van der Waals surface area (Å²) < 4.78 is 14.9. The van der Waals surface area contributed by atoms with Crippen LogP contribution in [0.15, 0.2) is 77.9 Å². The van der Waals surface area contributed by atoms with Crippen molar-refractivity contribution < 1.29 is 9.18 Å².